The average molecular weight is 414 g/mol. The summed E-state index contributed by atoms with van der Waals surface area (Å²) in [5, 5.41) is 3.03. The van der Waals surface area contributed by atoms with Crippen LogP contribution in [-0.4, -0.2) is 39.2 Å². The Morgan fingerprint density at radius 2 is 1.82 bits per heavy atom. The number of methoxy groups -OCH3 is 1. The summed E-state index contributed by atoms with van der Waals surface area (Å²) in [7, 11) is 3.14. The lowest BCUT2D eigenvalue weighted by Crippen LogP contribution is -2.26. The van der Waals surface area contributed by atoms with E-state index in [0.717, 1.165) is 29.9 Å². The third-order valence-electron chi connectivity index (χ3n) is 4.78. The molecule has 4 nitrogen and oxygen atoms in total. The normalized spacial score (nSPS) is 14.1. The van der Waals surface area contributed by atoms with E-state index in [0.29, 0.717) is 11.3 Å². The van der Waals surface area contributed by atoms with Crippen molar-refractivity contribution >= 4 is 35.2 Å². The number of anilines is 1. The first-order valence-electron chi connectivity index (χ1n) is 8.86. The van der Waals surface area contributed by atoms with Crippen molar-refractivity contribution in [3.05, 3.63) is 58.7 Å². The molecule has 1 N–H and O–H groups in total. The summed E-state index contributed by atoms with van der Waals surface area (Å²) in [6.07, 6.45) is 5.26. The Morgan fingerprint density at radius 1 is 1.14 bits per heavy atom. The molecular formula is C22H23NO3S2. The molecule has 2 aromatic carbocycles. The molecule has 0 saturated carbocycles. The minimum atomic E-state index is -0.371. The lowest BCUT2D eigenvalue weighted by Gasteiger charge is -2.36. The SMILES string of the molecule is CNc1cc(C#Cc2ccc3c(c2)C(SC)(SC)CCO3)ccc1C(=O)OC. The van der Waals surface area contributed by atoms with Crippen molar-refractivity contribution in [1.82, 2.24) is 0 Å². The molecule has 146 valence electrons. The molecule has 0 atom stereocenters. The molecule has 1 aliphatic heterocycles. The van der Waals surface area contributed by atoms with Gasteiger partial charge in [0.25, 0.3) is 0 Å². The smallest absolute Gasteiger partial charge is 0.339 e. The highest BCUT2D eigenvalue weighted by Gasteiger charge is 2.36. The molecule has 0 fully saturated rings. The molecule has 1 heterocycles. The molecule has 2 aromatic rings. The van der Waals surface area contributed by atoms with E-state index in [1.54, 1.807) is 13.1 Å². The van der Waals surface area contributed by atoms with Crippen LogP contribution in [0.4, 0.5) is 5.69 Å². The molecule has 0 aliphatic carbocycles. The quantitative estimate of drug-likeness (QED) is 0.450. The van der Waals surface area contributed by atoms with Crippen molar-refractivity contribution < 1.29 is 14.3 Å². The van der Waals surface area contributed by atoms with Gasteiger partial charge in [-0.1, -0.05) is 11.8 Å². The highest BCUT2D eigenvalue weighted by molar-refractivity contribution is 8.16. The first kappa shape index (κ1) is 20.5. The van der Waals surface area contributed by atoms with Gasteiger partial charge in [-0.05, 0) is 48.9 Å². The van der Waals surface area contributed by atoms with Crippen LogP contribution in [0.15, 0.2) is 36.4 Å². The zero-order chi connectivity index (χ0) is 20.1. The van der Waals surface area contributed by atoms with Crippen molar-refractivity contribution in [2.24, 2.45) is 0 Å². The third-order valence-corrected chi connectivity index (χ3v) is 7.95. The van der Waals surface area contributed by atoms with Crippen molar-refractivity contribution in [3.63, 3.8) is 0 Å². The summed E-state index contributed by atoms with van der Waals surface area (Å²) in [6.45, 7) is 0.735. The van der Waals surface area contributed by atoms with Crippen molar-refractivity contribution in [1.29, 1.82) is 0 Å². The van der Waals surface area contributed by atoms with E-state index in [4.69, 9.17) is 9.47 Å². The van der Waals surface area contributed by atoms with Crippen molar-refractivity contribution in [2.75, 3.05) is 38.6 Å². The number of nitrogens with one attached hydrogen (secondary N) is 1. The van der Waals surface area contributed by atoms with Crippen LogP contribution in [0.1, 0.15) is 33.5 Å². The Hall–Kier alpha value is -2.23. The second-order valence-electron chi connectivity index (χ2n) is 6.22. The number of fused-ring (bicyclic) bond motifs is 1. The molecule has 0 spiro atoms. The number of thioether (sulfide) groups is 2. The van der Waals surface area contributed by atoms with Crippen LogP contribution in [0.5, 0.6) is 5.75 Å². The van der Waals surface area contributed by atoms with Crippen LogP contribution in [0.2, 0.25) is 0 Å². The molecule has 3 rings (SSSR count). The van der Waals surface area contributed by atoms with Crippen molar-refractivity contribution in [2.45, 2.75) is 10.5 Å². The van der Waals surface area contributed by atoms with E-state index in [9.17, 15) is 4.79 Å². The van der Waals surface area contributed by atoms with Gasteiger partial charge in [-0.15, -0.1) is 23.5 Å². The van der Waals surface area contributed by atoms with Gasteiger partial charge in [0.1, 0.15) is 5.75 Å². The van der Waals surface area contributed by atoms with Gasteiger partial charge in [0, 0.05) is 35.8 Å². The predicted octanol–water partition coefficient (Wildman–Crippen LogP) is 4.58. The monoisotopic (exact) mass is 413 g/mol. The Bertz CT molecular complexity index is 943. The van der Waals surface area contributed by atoms with Crippen molar-refractivity contribution in [3.8, 4) is 17.6 Å². The van der Waals surface area contributed by atoms with Gasteiger partial charge in [0.05, 0.1) is 23.4 Å². The number of hydrogen-bond donors (Lipinski definition) is 1. The minimum absolute atomic E-state index is 0.00668. The number of esters is 1. The van der Waals surface area contributed by atoms with Gasteiger partial charge >= 0.3 is 5.97 Å². The molecule has 0 aromatic heterocycles. The summed E-state index contributed by atoms with van der Waals surface area (Å²) >= 11 is 3.71. The van der Waals surface area contributed by atoms with Gasteiger partial charge in [-0.25, -0.2) is 4.79 Å². The molecule has 6 heteroatoms. The van der Waals surface area contributed by atoms with Crippen LogP contribution in [0, 0.1) is 11.8 Å². The molecule has 0 saturated heterocycles. The summed E-state index contributed by atoms with van der Waals surface area (Å²) in [5.74, 6) is 7.01. The first-order chi connectivity index (χ1) is 13.6. The van der Waals surface area contributed by atoms with Gasteiger partial charge in [0.15, 0.2) is 0 Å². The largest absolute Gasteiger partial charge is 0.493 e. The fourth-order valence-corrected chi connectivity index (χ4v) is 5.23. The molecule has 28 heavy (non-hydrogen) atoms. The van der Waals surface area contributed by atoms with E-state index in [1.165, 1.54) is 12.7 Å². The number of rotatable bonds is 4. The summed E-state index contributed by atoms with van der Waals surface area (Å²) in [4.78, 5) is 11.8. The maximum Gasteiger partial charge on any atom is 0.339 e. The van der Waals surface area contributed by atoms with Crippen LogP contribution >= 0.6 is 23.5 Å². The number of carbonyl (C=O) groups excluding carboxylic acids is 1. The third kappa shape index (κ3) is 3.96. The minimum Gasteiger partial charge on any atom is -0.493 e. The molecular weight excluding hydrogens is 390 g/mol. The Labute approximate surface area is 174 Å². The predicted molar refractivity (Wildman–Crippen MR) is 119 cm³/mol. The van der Waals surface area contributed by atoms with E-state index >= 15 is 0 Å². The summed E-state index contributed by atoms with van der Waals surface area (Å²) in [6, 6.07) is 11.6. The average Bonchev–Trinajstić information content (AvgIpc) is 2.76. The zero-order valence-electron chi connectivity index (χ0n) is 16.4. The van der Waals surface area contributed by atoms with E-state index in [2.05, 4.69) is 35.7 Å². The Balaban J connectivity index is 1.94. The lowest BCUT2D eigenvalue weighted by atomic mass is 10.0. The summed E-state index contributed by atoms with van der Waals surface area (Å²) in [5.41, 5.74) is 4.15. The van der Waals surface area contributed by atoms with E-state index in [1.807, 2.05) is 47.8 Å². The second-order valence-corrected chi connectivity index (χ2v) is 8.69. The van der Waals surface area contributed by atoms with Gasteiger partial charge < -0.3 is 14.8 Å². The standard InChI is InChI=1S/C22H23NO3S2/c1-23-19-14-16(7-9-17(19)21(24)25-2)6-5-15-8-10-20-18(13-15)22(27-3,28-4)11-12-26-20/h7-10,13-14,23H,11-12H2,1-4H3. The fraction of sp³-hybridized carbons (Fsp3) is 0.318. The first-order valence-corrected chi connectivity index (χ1v) is 11.3. The van der Waals surface area contributed by atoms with Gasteiger partial charge in [0.2, 0.25) is 0 Å². The number of hydrogen-bond acceptors (Lipinski definition) is 6. The van der Waals surface area contributed by atoms with Crippen LogP contribution in [0.3, 0.4) is 0 Å². The van der Waals surface area contributed by atoms with Crippen LogP contribution in [0.25, 0.3) is 0 Å². The number of benzene rings is 2. The highest BCUT2D eigenvalue weighted by atomic mass is 32.2. The number of carbonyl (C=O) groups is 1. The fourth-order valence-electron chi connectivity index (χ4n) is 3.23. The second kappa shape index (κ2) is 8.85. The molecule has 0 unspecified atom stereocenters. The molecule has 0 amide bonds. The highest BCUT2D eigenvalue weighted by Crippen LogP contribution is 2.52. The van der Waals surface area contributed by atoms with Gasteiger partial charge in [-0.3, -0.25) is 0 Å². The molecule has 0 radical (unpaired) electrons. The topological polar surface area (TPSA) is 47.6 Å². The van der Waals surface area contributed by atoms with E-state index in [-0.39, 0.29) is 10.0 Å². The van der Waals surface area contributed by atoms with Crippen LogP contribution in [-0.2, 0) is 8.82 Å². The van der Waals surface area contributed by atoms with Crippen LogP contribution < -0.4 is 10.1 Å². The van der Waals surface area contributed by atoms with Gasteiger partial charge in [-0.2, -0.15) is 0 Å². The number of ether oxygens (including phenoxy) is 2. The van der Waals surface area contributed by atoms with E-state index < -0.39 is 0 Å². The molecule has 0 bridgehead atoms. The lowest BCUT2D eigenvalue weighted by molar-refractivity contribution is 0.0602. The summed E-state index contributed by atoms with van der Waals surface area (Å²) < 4.78 is 10.7. The Kier molecular flexibility index (Phi) is 6.48. The maximum absolute atomic E-state index is 11.8. The molecule has 1 aliphatic rings. The maximum atomic E-state index is 11.8. The zero-order valence-corrected chi connectivity index (χ0v) is 18.1. The Morgan fingerprint density at radius 3 is 2.46 bits per heavy atom.